The lowest BCUT2D eigenvalue weighted by Gasteiger charge is -2.12. The number of rotatable bonds is 6. The van der Waals surface area contributed by atoms with Crippen LogP contribution in [0.5, 0.6) is 5.88 Å². The van der Waals surface area contributed by atoms with Gasteiger partial charge in [-0.15, -0.1) is 0 Å². The molecule has 0 amide bonds. The highest BCUT2D eigenvalue weighted by Gasteiger charge is 2.15. The van der Waals surface area contributed by atoms with Gasteiger partial charge in [-0.1, -0.05) is 0 Å². The van der Waals surface area contributed by atoms with Gasteiger partial charge in [-0.2, -0.15) is 4.98 Å². The highest BCUT2D eigenvalue weighted by molar-refractivity contribution is 5.97. The molecule has 9 heteroatoms. The van der Waals surface area contributed by atoms with Crippen molar-refractivity contribution >= 4 is 29.1 Å². The summed E-state index contributed by atoms with van der Waals surface area (Å²) < 4.78 is 14.7. The lowest BCUT2D eigenvalue weighted by molar-refractivity contribution is 0.0599. The number of anilines is 3. The Labute approximate surface area is 144 Å². The number of nitrogen functional groups attached to an aromatic ring is 1. The molecule has 0 saturated carbocycles. The van der Waals surface area contributed by atoms with Crippen LogP contribution in [0.1, 0.15) is 27.6 Å². The summed E-state index contributed by atoms with van der Waals surface area (Å²) in [5, 5.41) is 2.94. The van der Waals surface area contributed by atoms with Crippen LogP contribution in [0.15, 0.2) is 24.5 Å². The van der Waals surface area contributed by atoms with Crippen molar-refractivity contribution in [3.8, 4) is 5.88 Å². The molecule has 0 aliphatic heterocycles. The molecule has 0 spiro atoms. The molecule has 1 heterocycles. The summed E-state index contributed by atoms with van der Waals surface area (Å²) in [4.78, 5) is 31.6. The van der Waals surface area contributed by atoms with Crippen LogP contribution in [-0.4, -0.2) is 42.7 Å². The van der Waals surface area contributed by atoms with Crippen LogP contribution in [-0.2, 0) is 9.47 Å². The van der Waals surface area contributed by atoms with E-state index in [1.165, 1.54) is 38.7 Å². The largest absolute Gasteiger partial charge is 0.476 e. The minimum Gasteiger partial charge on any atom is -0.476 e. The molecule has 0 unspecified atom stereocenters. The van der Waals surface area contributed by atoms with Gasteiger partial charge in [0, 0.05) is 5.69 Å². The Balaban J connectivity index is 2.43. The van der Waals surface area contributed by atoms with E-state index in [2.05, 4.69) is 15.3 Å². The molecular weight excluding hydrogens is 328 g/mol. The molecule has 0 saturated heterocycles. The maximum atomic E-state index is 11.8. The summed E-state index contributed by atoms with van der Waals surface area (Å²) in [5.74, 6) is -0.687. The van der Waals surface area contributed by atoms with Crippen molar-refractivity contribution in [1.82, 2.24) is 9.97 Å². The van der Waals surface area contributed by atoms with Crippen LogP contribution >= 0.6 is 0 Å². The van der Waals surface area contributed by atoms with E-state index in [1.807, 2.05) is 0 Å². The highest BCUT2D eigenvalue weighted by atomic mass is 16.5. The van der Waals surface area contributed by atoms with E-state index in [4.69, 9.17) is 19.9 Å². The van der Waals surface area contributed by atoms with Gasteiger partial charge in [0.15, 0.2) is 5.82 Å². The van der Waals surface area contributed by atoms with E-state index in [0.717, 1.165) is 0 Å². The molecule has 0 bridgehead atoms. The van der Waals surface area contributed by atoms with Crippen LogP contribution in [0.4, 0.5) is 17.2 Å². The van der Waals surface area contributed by atoms with E-state index in [0.29, 0.717) is 12.3 Å². The molecule has 25 heavy (non-hydrogen) atoms. The SMILES string of the molecule is CCOc1ncnc(Nc2cc(C(=O)OC)cc(C(=O)OC)c2)c1N. The van der Waals surface area contributed by atoms with Crippen molar-refractivity contribution in [3.63, 3.8) is 0 Å². The summed E-state index contributed by atoms with van der Waals surface area (Å²) in [6.45, 7) is 2.20. The first-order chi connectivity index (χ1) is 12.0. The molecule has 132 valence electrons. The first-order valence-electron chi connectivity index (χ1n) is 7.32. The number of ether oxygens (including phenoxy) is 3. The van der Waals surface area contributed by atoms with Gasteiger partial charge in [0.25, 0.3) is 0 Å². The standard InChI is InChI=1S/C16H18N4O5/c1-4-25-14-12(17)13(18-8-19-14)20-11-6-9(15(21)23-2)5-10(7-11)16(22)24-3/h5-8H,4,17H2,1-3H3,(H,18,19,20). The second-order valence-corrected chi connectivity index (χ2v) is 4.78. The third kappa shape index (κ3) is 4.14. The van der Waals surface area contributed by atoms with Crippen LogP contribution in [0.25, 0.3) is 0 Å². The van der Waals surface area contributed by atoms with Crippen molar-refractivity contribution < 1.29 is 23.8 Å². The van der Waals surface area contributed by atoms with Crippen LogP contribution < -0.4 is 15.8 Å². The first-order valence-corrected chi connectivity index (χ1v) is 7.32. The molecule has 2 rings (SSSR count). The lowest BCUT2D eigenvalue weighted by atomic mass is 10.1. The number of carbonyl (C=O) groups is 2. The van der Waals surface area contributed by atoms with Gasteiger partial charge in [0.2, 0.25) is 5.88 Å². The van der Waals surface area contributed by atoms with E-state index in [9.17, 15) is 9.59 Å². The van der Waals surface area contributed by atoms with Crippen LogP contribution in [0.2, 0.25) is 0 Å². The van der Waals surface area contributed by atoms with E-state index < -0.39 is 11.9 Å². The molecule has 1 aromatic carbocycles. The average Bonchev–Trinajstić information content (AvgIpc) is 2.63. The normalized spacial score (nSPS) is 10.0. The Morgan fingerprint density at radius 1 is 1.08 bits per heavy atom. The number of benzene rings is 1. The van der Waals surface area contributed by atoms with Crippen molar-refractivity contribution in [2.24, 2.45) is 0 Å². The van der Waals surface area contributed by atoms with E-state index in [-0.39, 0.29) is 28.5 Å². The maximum absolute atomic E-state index is 11.8. The van der Waals surface area contributed by atoms with Gasteiger partial charge in [-0.25, -0.2) is 14.6 Å². The topological polar surface area (TPSA) is 126 Å². The molecule has 0 aliphatic rings. The number of esters is 2. The molecule has 0 atom stereocenters. The van der Waals surface area contributed by atoms with Gasteiger partial charge in [0.1, 0.15) is 12.0 Å². The van der Waals surface area contributed by atoms with Gasteiger partial charge >= 0.3 is 11.9 Å². The van der Waals surface area contributed by atoms with E-state index >= 15 is 0 Å². The average molecular weight is 346 g/mol. The monoisotopic (exact) mass is 346 g/mol. The second kappa shape index (κ2) is 7.95. The molecule has 2 aromatic rings. The molecule has 1 aromatic heterocycles. The Morgan fingerprint density at radius 3 is 2.20 bits per heavy atom. The Morgan fingerprint density at radius 2 is 1.68 bits per heavy atom. The molecule has 0 fully saturated rings. The minimum atomic E-state index is -0.598. The second-order valence-electron chi connectivity index (χ2n) is 4.78. The fourth-order valence-corrected chi connectivity index (χ4v) is 2.04. The number of hydrogen-bond donors (Lipinski definition) is 2. The fraction of sp³-hybridized carbons (Fsp3) is 0.250. The van der Waals surface area contributed by atoms with Crippen LogP contribution in [0.3, 0.4) is 0 Å². The fourth-order valence-electron chi connectivity index (χ4n) is 2.04. The number of nitrogens with one attached hydrogen (secondary N) is 1. The summed E-state index contributed by atoms with van der Waals surface area (Å²) in [6.07, 6.45) is 1.29. The predicted molar refractivity (Wildman–Crippen MR) is 90.0 cm³/mol. The Kier molecular flexibility index (Phi) is 5.72. The Hall–Kier alpha value is -3.36. The third-order valence-corrected chi connectivity index (χ3v) is 3.17. The summed E-state index contributed by atoms with van der Waals surface area (Å²) in [5.41, 5.74) is 6.91. The van der Waals surface area contributed by atoms with Gasteiger partial charge < -0.3 is 25.3 Å². The molecular formula is C16H18N4O5. The lowest BCUT2D eigenvalue weighted by Crippen LogP contribution is -2.09. The zero-order valence-electron chi connectivity index (χ0n) is 14.0. The molecule has 0 radical (unpaired) electrons. The van der Waals surface area contributed by atoms with Gasteiger partial charge in [0.05, 0.1) is 32.0 Å². The number of methoxy groups -OCH3 is 2. The number of nitrogens with zero attached hydrogens (tertiary/aromatic N) is 2. The summed E-state index contributed by atoms with van der Waals surface area (Å²) >= 11 is 0. The smallest absolute Gasteiger partial charge is 0.337 e. The van der Waals surface area contributed by atoms with Crippen molar-refractivity contribution in [2.45, 2.75) is 6.92 Å². The predicted octanol–water partition coefficient (Wildman–Crippen LogP) is 1.77. The van der Waals surface area contributed by atoms with Crippen molar-refractivity contribution in [3.05, 3.63) is 35.7 Å². The number of nitrogens with two attached hydrogens (primary N) is 1. The summed E-state index contributed by atoms with van der Waals surface area (Å²) in [6, 6.07) is 4.37. The zero-order chi connectivity index (χ0) is 18.4. The maximum Gasteiger partial charge on any atom is 0.337 e. The highest BCUT2D eigenvalue weighted by Crippen LogP contribution is 2.28. The molecule has 0 aliphatic carbocycles. The first kappa shape index (κ1) is 18.0. The number of aromatic nitrogens is 2. The molecule has 3 N–H and O–H groups in total. The number of carbonyl (C=O) groups excluding carboxylic acids is 2. The van der Waals surface area contributed by atoms with Crippen molar-refractivity contribution in [2.75, 3.05) is 31.9 Å². The summed E-state index contributed by atoms with van der Waals surface area (Å²) in [7, 11) is 2.49. The zero-order valence-corrected chi connectivity index (χ0v) is 14.0. The third-order valence-electron chi connectivity index (χ3n) is 3.17. The quantitative estimate of drug-likeness (QED) is 0.752. The van der Waals surface area contributed by atoms with E-state index in [1.54, 1.807) is 6.92 Å². The Bertz CT molecular complexity index is 760. The van der Waals surface area contributed by atoms with Gasteiger partial charge in [-0.05, 0) is 25.1 Å². The molecule has 9 nitrogen and oxygen atoms in total. The van der Waals surface area contributed by atoms with Crippen molar-refractivity contribution in [1.29, 1.82) is 0 Å². The van der Waals surface area contributed by atoms with Crippen LogP contribution in [0, 0.1) is 0 Å². The minimum absolute atomic E-state index is 0.172. The van der Waals surface area contributed by atoms with Gasteiger partial charge in [-0.3, -0.25) is 0 Å². The number of hydrogen-bond acceptors (Lipinski definition) is 9.